The van der Waals surface area contributed by atoms with Gasteiger partial charge < -0.3 is 10.2 Å². The van der Waals surface area contributed by atoms with Crippen LogP contribution in [0.25, 0.3) is 0 Å². The first-order chi connectivity index (χ1) is 11.1. The minimum atomic E-state index is -0.457. The van der Waals surface area contributed by atoms with E-state index in [0.717, 1.165) is 0 Å². The largest absolute Gasteiger partial charge is 2.00 e. The van der Waals surface area contributed by atoms with E-state index in [0.29, 0.717) is 0 Å². The van der Waals surface area contributed by atoms with Crippen molar-refractivity contribution in [2.24, 2.45) is 21.7 Å². The molecule has 0 N–H and O–H groups in total. The van der Waals surface area contributed by atoms with Crippen molar-refractivity contribution >= 4 is 11.6 Å². The Bertz CT molecular complexity index is 505. The Hall–Kier alpha value is -1.07. The van der Waals surface area contributed by atoms with Gasteiger partial charge in [0.25, 0.3) is 0 Å². The fraction of sp³-hybridized carbons (Fsp3) is 0.727. The zero-order chi connectivity index (χ0) is 21.7. The second kappa shape index (κ2) is 10.5. The Labute approximate surface area is 176 Å². The summed E-state index contributed by atoms with van der Waals surface area (Å²) in [5.41, 5.74) is -1.83. The normalized spacial score (nSPS) is 13.9. The average Bonchev–Trinajstić information content (AvgIpc) is 2.34. The van der Waals surface area contributed by atoms with E-state index in [-0.39, 0.29) is 39.9 Å². The molecule has 1 radical (unpaired) electrons. The quantitative estimate of drug-likeness (QED) is 0.498. The molecule has 0 atom stereocenters. The Balaban J connectivity index is -0.000000411. The van der Waals surface area contributed by atoms with E-state index in [1.165, 1.54) is 12.2 Å². The molecule has 0 saturated carbocycles. The summed E-state index contributed by atoms with van der Waals surface area (Å²) < 4.78 is 0. The van der Waals surface area contributed by atoms with Gasteiger partial charge in [0.1, 0.15) is 0 Å². The van der Waals surface area contributed by atoms with Crippen LogP contribution in [-0.4, -0.2) is 11.6 Å². The van der Waals surface area contributed by atoms with Crippen molar-refractivity contribution in [1.82, 2.24) is 0 Å². The minimum absolute atomic E-state index is 0. The fourth-order valence-corrected chi connectivity index (χ4v) is 1.10. The minimum Gasteiger partial charge on any atom is -0.875 e. The van der Waals surface area contributed by atoms with Crippen LogP contribution in [0.2, 0.25) is 0 Å². The molecule has 0 heterocycles. The summed E-state index contributed by atoms with van der Waals surface area (Å²) in [5.74, 6) is -0.417. The van der Waals surface area contributed by atoms with Crippen LogP contribution >= 0.6 is 0 Å². The van der Waals surface area contributed by atoms with Gasteiger partial charge in [0.2, 0.25) is 0 Å². The van der Waals surface area contributed by atoms with Crippen LogP contribution in [0.3, 0.4) is 0 Å². The van der Waals surface area contributed by atoms with E-state index in [1.54, 1.807) is 0 Å². The molecule has 0 unspecified atom stereocenters. The average molecular weight is 425 g/mol. The van der Waals surface area contributed by atoms with E-state index in [4.69, 9.17) is 0 Å². The van der Waals surface area contributed by atoms with Crippen molar-refractivity contribution < 1.29 is 36.6 Å². The van der Waals surface area contributed by atoms with Crippen molar-refractivity contribution in [3.8, 4) is 0 Å². The number of hydrogen-bond donors (Lipinski definition) is 0. The molecule has 0 aromatic rings. The molecule has 27 heavy (non-hydrogen) atoms. The van der Waals surface area contributed by atoms with Gasteiger partial charge in [-0.15, -0.1) is 11.5 Å². The van der Waals surface area contributed by atoms with Gasteiger partial charge in [-0.3, -0.25) is 9.59 Å². The molecule has 0 saturated heterocycles. The second-order valence-corrected chi connectivity index (χ2v) is 10.7. The molecule has 0 rings (SSSR count). The maximum Gasteiger partial charge on any atom is 2.00 e. The van der Waals surface area contributed by atoms with Gasteiger partial charge in [-0.2, -0.15) is 0 Å². The van der Waals surface area contributed by atoms with Gasteiger partial charge >= 0.3 is 16.8 Å². The summed E-state index contributed by atoms with van der Waals surface area (Å²) in [7, 11) is 0. The van der Waals surface area contributed by atoms with Crippen molar-refractivity contribution in [2.75, 3.05) is 0 Å². The first kappa shape index (κ1) is 30.6. The molecule has 0 spiro atoms. The molecule has 0 aliphatic heterocycles. The fourth-order valence-electron chi connectivity index (χ4n) is 1.10. The van der Waals surface area contributed by atoms with Gasteiger partial charge in [0.15, 0.2) is 11.6 Å². The molecule has 0 fully saturated rings. The van der Waals surface area contributed by atoms with Crippen LogP contribution in [0.1, 0.15) is 83.1 Å². The molecule has 159 valence electrons. The van der Waals surface area contributed by atoms with Gasteiger partial charge in [-0.1, -0.05) is 83.1 Å². The van der Waals surface area contributed by atoms with Crippen molar-refractivity contribution in [3.63, 3.8) is 0 Å². The first-order valence-corrected chi connectivity index (χ1v) is 8.97. The van der Waals surface area contributed by atoms with Crippen molar-refractivity contribution in [3.05, 3.63) is 23.7 Å². The molecular formula is C22H38CoO4. The Morgan fingerprint density at radius 2 is 0.704 bits per heavy atom. The van der Waals surface area contributed by atoms with Crippen LogP contribution in [-0.2, 0) is 26.4 Å². The number of carbonyl (C=O) groups is 2. The van der Waals surface area contributed by atoms with Gasteiger partial charge in [0, 0.05) is 10.8 Å². The first-order valence-electron chi connectivity index (χ1n) is 8.97. The molecule has 0 aliphatic rings. The topological polar surface area (TPSA) is 80.3 Å². The number of allylic oxidation sites excluding steroid dienone is 4. The Kier molecular flexibility index (Phi) is 11.9. The van der Waals surface area contributed by atoms with Crippen LogP contribution < -0.4 is 10.2 Å². The molecular weight excluding hydrogens is 387 g/mol. The van der Waals surface area contributed by atoms with Crippen LogP contribution in [0, 0.1) is 21.7 Å². The monoisotopic (exact) mass is 425 g/mol. The smallest absolute Gasteiger partial charge is 0.875 e. The standard InChI is InChI=1S/2C11H20O2.Co/c2*1-10(2,3)8(12)7-9(13)11(4,5)6;/h2*7,12H,1-6H3;/q;;+2/p-2. The molecule has 0 amide bonds. The molecule has 0 bridgehead atoms. The Morgan fingerprint density at radius 3 is 0.815 bits per heavy atom. The number of hydrogen-bond acceptors (Lipinski definition) is 4. The Morgan fingerprint density at radius 1 is 0.519 bits per heavy atom. The van der Waals surface area contributed by atoms with E-state index in [1.807, 2.05) is 83.1 Å². The maximum atomic E-state index is 11.4. The maximum absolute atomic E-state index is 11.4. The predicted octanol–water partition coefficient (Wildman–Crippen LogP) is 3.78. The van der Waals surface area contributed by atoms with Crippen molar-refractivity contribution in [2.45, 2.75) is 83.1 Å². The van der Waals surface area contributed by atoms with Crippen LogP contribution in [0.5, 0.6) is 0 Å². The van der Waals surface area contributed by atoms with Crippen LogP contribution in [0.4, 0.5) is 0 Å². The third-order valence-electron chi connectivity index (χ3n) is 3.48. The van der Waals surface area contributed by atoms with E-state index >= 15 is 0 Å². The molecule has 0 aliphatic carbocycles. The van der Waals surface area contributed by atoms with Crippen LogP contribution in [0.15, 0.2) is 23.7 Å². The second-order valence-electron chi connectivity index (χ2n) is 10.7. The third-order valence-corrected chi connectivity index (χ3v) is 3.48. The summed E-state index contributed by atoms with van der Waals surface area (Å²) in [6.45, 7) is 21.7. The summed E-state index contributed by atoms with van der Waals surface area (Å²) >= 11 is 0. The summed E-state index contributed by atoms with van der Waals surface area (Å²) in [6.07, 6.45) is 2.44. The van der Waals surface area contributed by atoms with E-state index < -0.39 is 21.7 Å². The van der Waals surface area contributed by atoms with Gasteiger partial charge in [-0.05, 0) is 23.0 Å². The molecule has 5 heteroatoms. The third kappa shape index (κ3) is 13.7. The number of rotatable bonds is 2. The van der Waals surface area contributed by atoms with Crippen molar-refractivity contribution in [1.29, 1.82) is 0 Å². The molecule has 4 nitrogen and oxygen atoms in total. The number of carbonyl (C=O) groups excluding carboxylic acids is 2. The SMILES string of the molecule is CC(C)(C)C(=O)C=C([O-])C(C)(C)C.CC(C)(C)C(=O)C=C([O-])C(C)(C)C.[Co+2]. The summed E-state index contributed by atoms with van der Waals surface area (Å²) in [5, 5.41) is 22.9. The van der Waals surface area contributed by atoms with E-state index in [2.05, 4.69) is 0 Å². The summed E-state index contributed by atoms with van der Waals surface area (Å²) in [6, 6.07) is 0. The van der Waals surface area contributed by atoms with E-state index in [9.17, 15) is 19.8 Å². The zero-order valence-corrected chi connectivity index (χ0v) is 20.2. The molecule has 0 aromatic carbocycles. The zero-order valence-electron chi connectivity index (χ0n) is 19.1. The number of ketones is 2. The van der Waals surface area contributed by atoms with Gasteiger partial charge in [0.05, 0.1) is 0 Å². The van der Waals surface area contributed by atoms with Gasteiger partial charge in [-0.25, -0.2) is 0 Å². The summed E-state index contributed by atoms with van der Waals surface area (Å²) in [4.78, 5) is 22.9. The predicted molar refractivity (Wildman–Crippen MR) is 104 cm³/mol. The molecule has 0 aromatic heterocycles.